The molecule has 616 valence electrons. The molecule has 0 aromatic carbocycles. The average molecular weight is 1460 g/mol. The number of hydrogen-bond acceptors (Lipinski definition) is 0. The summed E-state index contributed by atoms with van der Waals surface area (Å²) in [6.07, 6.45) is 125. The van der Waals surface area contributed by atoms with Gasteiger partial charge in [0.15, 0.2) is 5.41 Å². The van der Waals surface area contributed by atoms with Crippen molar-refractivity contribution in [2.45, 2.75) is 612 Å². The summed E-state index contributed by atoms with van der Waals surface area (Å²) in [4.78, 5) is 0. The van der Waals surface area contributed by atoms with Crippen LogP contribution in [-0.2, 0) is 0 Å². The fraction of sp³-hybridized carbons (Fsp3) is 0.924. The van der Waals surface area contributed by atoms with Crippen molar-refractivity contribution in [3.05, 3.63) is 0 Å². The molecule has 0 radical (unpaired) electrons. The lowest BCUT2D eigenvalue weighted by Crippen LogP contribution is -2.26. The summed E-state index contributed by atoms with van der Waals surface area (Å²) in [5, 5.41) is 0. The third kappa shape index (κ3) is 84.5. The first-order chi connectivity index (χ1) is 52.2. The van der Waals surface area contributed by atoms with E-state index in [4.69, 9.17) is 0 Å². The Labute approximate surface area is 667 Å². The van der Waals surface area contributed by atoms with Crippen molar-refractivity contribution in [1.29, 1.82) is 0 Å². The second kappa shape index (κ2) is 94.6. The molecule has 0 aromatic heterocycles. The third-order valence-corrected chi connectivity index (χ3v) is 23.9. The van der Waals surface area contributed by atoms with Crippen LogP contribution >= 0.6 is 0 Å². The second-order valence-corrected chi connectivity index (χ2v) is 34.7. The van der Waals surface area contributed by atoms with Crippen molar-refractivity contribution in [3.63, 3.8) is 0 Å². The van der Waals surface area contributed by atoms with Crippen LogP contribution in [0.3, 0.4) is 0 Å². The van der Waals surface area contributed by atoms with Gasteiger partial charge in [-0.05, 0) is 32.1 Å². The van der Waals surface area contributed by atoms with E-state index < -0.39 is 5.41 Å². The lowest BCUT2D eigenvalue weighted by Gasteiger charge is -2.24. The van der Waals surface area contributed by atoms with Gasteiger partial charge in [-0.1, -0.05) is 578 Å². The smallest absolute Gasteiger partial charge is 0.103 e. The summed E-state index contributed by atoms with van der Waals surface area (Å²) in [5.41, 5.74) is -0.659. The molecule has 0 heteroatoms. The molecule has 0 saturated carbocycles. The van der Waals surface area contributed by atoms with Crippen LogP contribution < -0.4 is 0 Å². The molecular weight excluding hydrogens is 1260 g/mol. The van der Waals surface area contributed by atoms with Gasteiger partial charge in [0.1, 0.15) is 0 Å². The largest absolute Gasteiger partial charge is 0.165 e. The zero-order chi connectivity index (χ0) is 75.4. The Hall–Kier alpha value is -1.76. The highest BCUT2D eigenvalue weighted by Crippen LogP contribution is 2.33. The summed E-state index contributed by atoms with van der Waals surface area (Å²) in [6.45, 7) is 11.6. The Balaban J connectivity index is 6.26. The molecule has 0 heterocycles. The quantitative estimate of drug-likeness (QED) is 0.0421. The zero-order valence-corrected chi connectivity index (χ0v) is 73.7. The van der Waals surface area contributed by atoms with Gasteiger partial charge < -0.3 is 0 Å². The molecular formula is C105H196. The van der Waals surface area contributed by atoms with E-state index in [1.807, 2.05) is 0 Å². The zero-order valence-electron chi connectivity index (χ0n) is 73.7. The Morgan fingerprint density at radius 1 is 0.143 bits per heavy atom. The highest BCUT2D eigenvalue weighted by Gasteiger charge is 2.33. The van der Waals surface area contributed by atoms with Crippen molar-refractivity contribution in [1.82, 2.24) is 0 Å². The maximum atomic E-state index is 4.04. The molecule has 0 saturated heterocycles. The Bertz CT molecular complexity index is 1850. The van der Waals surface area contributed by atoms with Gasteiger partial charge in [-0.25, -0.2) is 0 Å². The Kier molecular flexibility index (Phi) is 93.0. The van der Waals surface area contributed by atoms with Crippen molar-refractivity contribution in [2.24, 2.45) is 11.3 Å². The van der Waals surface area contributed by atoms with Gasteiger partial charge in [0.05, 0.1) is 5.92 Å². The van der Waals surface area contributed by atoms with Crippen molar-refractivity contribution in [3.8, 4) is 47.4 Å². The SMILES string of the molecule is CCCCCCCCCCCCCCCCCC#CC(CCCCCCCCCCCCCCCCCCCCC)C(C#CCCCCCCCCCCCCCCCCCC)(C#CCCCCCCCCCCCCCCCCCCC)C#CCCCCCCCCCCCCCCCCCCCC. The van der Waals surface area contributed by atoms with Gasteiger partial charge in [0.25, 0.3) is 0 Å². The fourth-order valence-corrected chi connectivity index (χ4v) is 16.4. The van der Waals surface area contributed by atoms with Crippen LogP contribution in [0, 0.1) is 58.7 Å². The average Bonchev–Trinajstić information content (AvgIpc) is 0.826. The lowest BCUT2D eigenvalue weighted by molar-refractivity contribution is 0.440. The van der Waals surface area contributed by atoms with Crippen LogP contribution in [-0.4, -0.2) is 0 Å². The van der Waals surface area contributed by atoms with E-state index in [1.165, 1.54) is 546 Å². The van der Waals surface area contributed by atoms with Gasteiger partial charge in [-0.15, -0.1) is 23.7 Å². The van der Waals surface area contributed by atoms with E-state index >= 15 is 0 Å². The highest BCUT2D eigenvalue weighted by atomic mass is 14.3. The van der Waals surface area contributed by atoms with E-state index in [1.54, 1.807) is 0 Å². The summed E-state index contributed by atoms with van der Waals surface area (Å²) in [7, 11) is 0. The van der Waals surface area contributed by atoms with Gasteiger partial charge in [0, 0.05) is 25.7 Å². The maximum Gasteiger partial charge on any atom is 0.165 e. The molecule has 0 spiro atoms. The predicted molar refractivity (Wildman–Crippen MR) is 481 cm³/mol. The maximum absolute atomic E-state index is 4.04. The molecule has 0 bridgehead atoms. The second-order valence-electron chi connectivity index (χ2n) is 34.7. The highest BCUT2D eigenvalue weighted by molar-refractivity contribution is 5.43. The molecule has 0 amide bonds. The van der Waals surface area contributed by atoms with E-state index in [0.717, 1.165) is 32.1 Å². The summed E-state index contributed by atoms with van der Waals surface area (Å²) < 4.78 is 0. The topological polar surface area (TPSA) is 0 Å². The molecule has 0 aliphatic heterocycles. The van der Waals surface area contributed by atoms with Crippen LogP contribution in [0.15, 0.2) is 0 Å². The molecule has 105 heavy (non-hydrogen) atoms. The van der Waals surface area contributed by atoms with E-state index in [0.29, 0.717) is 0 Å². The number of rotatable bonds is 87. The summed E-state index contributed by atoms with van der Waals surface area (Å²) in [6, 6.07) is 0. The monoisotopic (exact) mass is 1460 g/mol. The van der Waals surface area contributed by atoms with E-state index in [-0.39, 0.29) is 5.92 Å². The molecule has 0 aromatic rings. The normalized spacial score (nSPS) is 12.2. The predicted octanol–water partition coefficient (Wildman–Crippen LogP) is 37.8. The molecule has 0 N–H and O–H groups in total. The molecule has 0 nitrogen and oxygen atoms in total. The summed E-state index contributed by atoms with van der Waals surface area (Å²) >= 11 is 0. The van der Waals surface area contributed by atoms with Gasteiger partial charge >= 0.3 is 0 Å². The fourth-order valence-electron chi connectivity index (χ4n) is 16.4. The minimum atomic E-state index is -0.659. The van der Waals surface area contributed by atoms with Crippen LogP contribution in [0.25, 0.3) is 0 Å². The van der Waals surface area contributed by atoms with Crippen molar-refractivity contribution in [2.75, 3.05) is 0 Å². The Morgan fingerprint density at radius 2 is 0.267 bits per heavy atom. The first-order valence-corrected chi connectivity index (χ1v) is 50.2. The minimum Gasteiger partial charge on any atom is -0.103 e. The van der Waals surface area contributed by atoms with E-state index in [2.05, 4.69) is 82.0 Å². The molecule has 0 aliphatic rings. The van der Waals surface area contributed by atoms with E-state index in [9.17, 15) is 0 Å². The van der Waals surface area contributed by atoms with Crippen LogP contribution in [0.5, 0.6) is 0 Å². The number of hydrogen-bond donors (Lipinski definition) is 0. The van der Waals surface area contributed by atoms with Gasteiger partial charge in [-0.2, -0.15) is 0 Å². The molecule has 2 atom stereocenters. The third-order valence-electron chi connectivity index (χ3n) is 23.9. The van der Waals surface area contributed by atoms with Crippen molar-refractivity contribution < 1.29 is 0 Å². The first-order valence-electron chi connectivity index (χ1n) is 50.2. The summed E-state index contributed by atoms with van der Waals surface area (Å²) in [5.74, 6) is 31.7. The molecule has 0 aliphatic carbocycles. The standard InChI is InChI=1S/C105H196/c1-6-11-16-21-26-31-36-41-46-51-55-58-63-68-73-78-83-88-93-98-103-105(101-96-91-86-81-76-71-66-61-54-49-44-39-34-29-24-19-14-9-4,102-97-92-87-82-77-72-67-62-57-53-48-43-38-33-28-23-18-13-8-3)104(99-94-89-84-79-74-69-64-59-50-45-40-35-30-25-20-15-10-5)100-95-90-85-80-75-70-65-60-56-52-47-42-37-32-27-22-17-12-7-2/h104H,6-93,95,100H2,1-5H3. The van der Waals surface area contributed by atoms with Crippen LogP contribution in [0.4, 0.5) is 0 Å². The van der Waals surface area contributed by atoms with Gasteiger partial charge in [-0.3, -0.25) is 0 Å². The molecule has 0 rings (SSSR count). The molecule has 0 fully saturated rings. The van der Waals surface area contributed by atoms with Crippen molar-refractivity contribution >= 4 is 0 Å². The number of unbranched alkanes of at least 4 members (excludes halogenated alkanes) is 84. The van der Waals surface area contributed by atoms with Crippen LogP contribution in [0.1, 0.15) is 612 Å². The molecule has 2 unspecified atom stereocenters. The lowest BCUT2D eigenvalue weighted by atomic mass is 9.74. The van der Waals surface area contributed by atoms with Gasteiger partial charge in [0.2, 0.25) is 0 Å². The van der Waals surface area contributed by atoms with Crippen LogP contribution in [0.2, 0.25) is 0 Å². The first kappa shape index (κ1) is 103. The minimum absolute atomic E-state index is 0.0915. The Morgan fingerprint density at radius 3 is 0.419 bits per heavy atom.